The van der Waals surface area contributed by atoms with Gasteiger partial charge in [0.05, 0.1) is 0 Å². The highest BCUT2D eigenvalue weighted by Gasteiger charge is 2.09. The lowest BCUT2D eigenvalue weighted by Gasteiger charge is -2.10. The normalized spacial score (nSPS) is 10.5. The van der Waals surface area contributed by atoms with Crippen molar-refractivity contribution in [1.82, 2.24) is 10.3 Å². The van der Waals surface area contributed by atoms with Crippen LogP contribution in [0.1, 0.15) is 36.8 Å². The van der Waals surface area contributed by atoms with E-state index < -0.39 is 0 Å². The number of carbonyl (C=O) groups excluding carboxylic acids is 1. The van der Waals surface area contributed by atoms with Crippen LogP contribution in [-0.2, 0) is 6.42 Å². The monoisotopic (exact) mass is 283 g/mol. The van der Waals surface area contributed by atoms with Crippen LogP contribution in [0.15, 0.2) is 42.6 Å². The van der Waals surface area contributed by atoms with Gasteiger partial charge in [0.15, 0.2) is 0 Å². The van der Waals surface area contributed by atoms with E-state index in [1.165, 1.54) is 5.56 Å². The third kappa shape index (κ3) is 4.31. The van der Waals surface area contributed by atoms with Crippen LogP contribution in [0.2, 0.25) is 0 Å². The number of carbonyl (C=O) groups is 1. The van der Waals surface area contributed by atoms with Crippen molar-refractivity contribution in [2.24, 2.45) is 0 Å². The molecular formula is C17H21N3O. The molecule has 1 aromatic heterocycles. The first kappa shape index (κ1) is 15.0. The summed E-state index contributed by atoms with van der Waals surface area (Å²) in [6, 6.07) is 12.0. The van der Waals surface area contributed by atoms with E-state index in [9.17, 15) is 4.79 Å². The number of amides is 1. The van der Waals surface area contributed by atoms with E-state index in [0.717, 1.165) is 17.8 Å². The summed E-state index contributed by atoms with van der Waals surface area (Å²) in [7, 11) is 0. The van der Waals surface area contributed by atoms with Crippen LogP contribution in [0.25, 0.3) is 0 Å². The van der Waals surface area contributed by atoms with Crippen molar-refractivity contribution in [2.75, 3.05) is 5.32 Å². The Kier molecular flexibility index (Phi) is 4.93. The van der Waals surface area contributed by atoms with Gasteiger partial charge in [0.2, 0.25) is 0 Å². The average Bonchev–Trinajstić information content (AvgIpc) is 2.47. The van der Waals surface area contributed by atoms with E-state index in [4.69, 9.17) is 0 Å². The van der Waals surface area contributed by atoms with Crippen LogP contribution in [0, 0.1) is 0 Å². The Morgan fingerprint density at radius 2 is 1.86 bits per heavy atom. The summed E-state index contributed by atoms with van der Waals surface area (Å²) >= 11 is 0. The first-order valence-corrected chi connectivity index (χ1v) is 7.21. The summed E-state index contributed by atoms with van der Waals surface area (Å²) in [6.45, 7) is 5.98. The van der Waals surface area contributed by atoms with Crippen LogP contribution >= 0.6 is 0 Å². The van der Waals surface area contributed by atoms with Gasteiger partial charge >= 0.3 is 0 Å². The predicted octanol–water partition coefficient (Wildman–Crippen LogP) is 3.53. The van der Waals surface area contributed by atoms with Crippen molar-refractivity contribution in [3.63, 3.8) is 0 Å². The molecule has 110 valence electrons. The molecular weight excluding hydrogens is 262 g/mol. The highest BCUT2D eigenvalue weighted by atomic mass is 16.1. The Bertz CT molecular complexity index is 606. The maximum Gasteiger partial charge on any atom is 0.270 e. The van der Waals surface area contributed by atoms with E-state index in [0.29, 0.717) is 5.69 Å². The van der Waals surface area contributed by atoms with Gasteiger partial charge in [-0.15, -0.1) is 0 Å². The van der Waals surface area contributed by atoms with E-state index in [1.807, 2.05) is 32.0 Å². The molecule has 0 spiro atoms. The van der Waals surface area contributed by atoms with Crippen molar-refractivity contribution in [2.45, 2.75) is 33.2 Å². The maximum absolute atomic E-state index is 11.9. The number of hydrogen-bond donors (Lipinski definition) is 2. The van der Waals surface area contributed by atoms with Gasteiger partial charge in [0.1, 0.15) is 5.69 Å². The number of aryl methyl sites for hydroxylation is 1. The average molecular weight is 283 g/mol. The first-order valence-electron chi connectivity index (χ1n) is 7.21. The van der Waals surface area contributed by atoms with Crippen LogP contribution in [0.5, 0.6) is 0 Å². The third-order valence-electron chi connectivity index (χ3n) is 3.06. The molecule has 0 radical (unpaired) electrons. The van der Waals surface area contributed by atoms with Crippen molar-refractivity contribution in [3.05, 3.63) is 53.9 Å². The SMILES string of the molecule is CCc1ccc(Nc2ccnc(C(=O)NC(C)C)c2)cc1. The smallest absolute Gasteiger partial charge is 0.270 e. The molecule has 0 bridgehead atoms. The van der Waals surface area contributed by atoms with Crippen LogP contribution < -0.4 is 10.6 Å². The largest absolute Gasteiger partial charge is 0.355 e. The Balaban J connectivity index is 2.11. The minimum atomic E-state index is -0.157. The lowest BCUT2D eigenvalue weighted by Crippen LogP contribution is -2.30. The Labute approximate surface area is 125 Å². The van der Waals surface area contributed by atoms with Crippen LogP contribution in [-0.4, -0.2) is 16.9 Å². The second-order valence-electron chi connectivity index (χ2n) is 5.23. The molecule has 1 amide bonds. The fourth-order valence-electron chi connectivity index (χ4n) is 1.96. The standard InChI is InChI=1S/C17H21N3O/c1-4-13-5-7-14(8-6-13)20-15-9-10-18-16(11-15)17(21)19-12(2)3/h5-12H,4H2,1-3H3,(H,18,20)(H,19,21). The van der Waals surface area contributed by atoms with Gasteiger partial charge < -0.3 is 10.6 Å². The van der Waals surface area contributed by atoms with Crippen molar-refractivity contribution >= 4 is 17.3 Å². The fraction of sp³-hybridized carbons (Fsp3) is 0.294. The molecule has 0 unspecified atom stereocenters. The minimum Gasteiger partial charge on any atom is -0.355 e. The zero-order valence-corrected chi connectivity index (χ0v) is 12.7. The molecule has 2 N–H and O–H groups in total. The molecule has 21 heavy (non-hydrogen) atoms. The van der Waals surface area contributed by atoms with Gasteiger partial charge in [-0.2, -0.15) is 0 Å². The molecule has 0 saturated heterocycles. The molecule has 0 aliphatic rings. The van der Waals surface area contributed by atoms with Gasteiger partial charge in [-0.3, -0.25) is 9.78 Å². The Morgan fingerprint density at radius 3 is 2.48 bits per heavy atom. The summed E-state index contributed by atoms with van der Waals surface area (Å²) in [4.78, 5) is 16.1. The summed E-state index contributed by atoms with van der Waals surface area (Å²) in [5, 5.41) is 6.12. The van der Waals surface area contributed by atoms with Crippen LogP contribution in [0.4, 0.5) is 11.4 Å². The lowest BCUT2D eigenvalue weighted by molar-refractivity contribution is 0.0938. The van der Waals surface area contributed by atoms with Crippen molar-refractivity contribution in [1.29, 1.82) is 0 Å². The molecule has 0 fully saturated rings. The van der Waals surface area contributed by atoms with Gasteiger partial charge in [-0.25, -0.2) is 0 Å². The lowest BCUT2D eigenvalue weighted by atomic mass is 10.1. The Morgan fingerprint density at radius 1 is 1.14 bits per heavy atom. The number of anilines is 2. The highest BCUT2D eigenvalue weighted by molar-refractivity contribution is 5.93. The molecule has 0 saturated carbocycles. The number of benzene rings is 1. The molecule has 2 rings (SSSR count). The van der Waals surface area contributed by atoms with Gasteiger partial charge in [0.25, 0.3) is 5.91 Å². The molecule has 0 aliphatic heterocycles. The molecule has 1 heterocycles. The van der Waals surface area contributed by atoms with Crippen molar-refractivity contribution in [3.8, 4) is 0 Å². The number of aromatic nitrogens is 1. The number of nitrogens with one attached hydrogen (secondary N) is 2. The summed E-state index contributed by atoms with van der Waals surface area (Å²) < 4.78 is 0. The quantitative estimate of drug-likeness (QED) is 0.882. The van der Waals surface area contributed by atoms with E-state index in [1.54, 1.807) is 12.3 Å². The molecule has 0 aliphatic carbocycles. The highest BCUT2D eigenvalue weighted by Crippen LogP contribution is 2.17. The minimum absolute atomic E-state index is 0.0949. The number of nitrogens with zero attached hydrogens (tertiary/aromatic N) is 1. The zero-order chi connectivity index (χ0) is 15.2. The summed E-state index contributed by atoms with van der Waals surface area (Å²) in [6.07, 6.45) is 2.66. The Hall–Kier alpha value is -2.36. The number of pyridine rings is 1. The first-order chi connectivity index (χ1) is 10.1. The van der Waals surface area contributed by atoms with E-state index >= 15 is 0 Å². The predicted molar refractivity (Wildman–Crippen MR) is 85.9 cm³/mol. The molecule has 0 atom stereocenters. The van der Waals surface area contributed by atoms with Crippen LogP contribution in [0.3, 0.4) is 0 Å². The van der Waals surface area contributed by atoms with Gasteiger partial charge in [-0.05, 0) is 50.1 Å². The fourth-order valence-corrected chi connectivity index (χ4v) is 1.96. The van der Waals surface area contributed by atoms with E-state index in [-0.39, 0.29) is 11.9 Å². The van der Waals surface area contributed by atoms with E-state index in [2.05, 4.69) is 34.7 Å². The molecule has 1 aromatic carbocycles. The topological polar surface area (TPSA) is 54.0 Å². The second kappa shape index (κ2) is 6.88. The number of hydrogen-bond acceptors (Lipinski definition) is 3. The third-order valence-corrected chi connectivity index (χ3v) is 3.06. The second-order valence-corrected chi connectivity index (χ2v) is 5.23. The zero-order valence-electron chi connectivity index (χ0n) is 12.7. The maximum atomic E-state index is 11.9. The molecule has 4 heteroatoms. The molecule has 2 aromatic rings. The summed E-state index contributed by atoms with van der Waals surface area (Å²) in [5.74, 6) is -0.157. The van der Waals surface area contributed by atoms with Gasteiger partial charge in [-0.1, -0.05) is 19.1 Å². The van der Waals surface area contributed by atoms with Gasteiger partial charge in [0, 0.05) is 23.6 Å². The number of rotatable bonds is 5. The van der Waals surface area contributed by atoms with Crippen molar-refractivity contribution < 1.29 is 4.79 Å². The summed E-state index contributed by atoms with van der Waals surface area (Å²) in [5.41, 5.74) is 3.56. The molecule has 4 nitrogen and oxygen atoms in total.